The summed E-state index contributed by atoms with van der Waals surface area (Å²) in [7, 11) is -0.281. The standard InChI is InChI=1S/C13H21NO4S/c1-11(14(2)19(16,17)9-8-15)10-12-6-4-5-7-13(12)18-3/h4-7,11,15H,8-10H2,1-3H3. The Balaban J connectivity index is 2.82. The van der Waals surface area contributed by atoms with E-state index in [0.717, 1.165) is 11.3 Å². The Bertz CT molecular complexity index is 501. The summed E-state index contributed by atoms with van der Waals surface area (Å²) in [6.07, 6.45) is 0.561. The number of aliphatic hydroxyl groups is 1. The highest BCUT2D eigenvalue weighted by atomic mass is 32.2. The normalized spacial score (nSPS) is 13.5. The van der Waals surface area contributed by atoms with Crippen molar-refractivity contribution in [1.82, 2.24) is 4.31 Å². The van der Waals surface area contributed by atoms with Gasteiger partial charge in [-0.2, -0.15) is 0 Å². The summed E-state index contributed by atoms with van der Waals surface area (Å²) in [4.78, 5) is 0. The van der Waals surface area contributed by atoms with Crippen LogP contribution in [0.4, 0.5) is 0 Å². The highest BCUT2D eigenvalue weighted by Gasteiger charge is 2.23. The molecule has 0 saturated carbocycles. The van der Waals surface area contributed by atoms with Crippen molar-refractivity contribution >= 4 is 10.0 Å². The molecule has 0 aromatic heterocycles. The lowest BCUT2D eigenvalue weighted by molar-refractivity contribution is 0.312. The van der Waals surface area contributed by atoms with Gasteiger partial charge >= 0.3 is 0 Å². The predicted octanol–water partition coefficient (Wildman–Crippen LogP) is 0.880. The predicted molar refractivity (Wildman–Crippen MR) is 74.8 cm³/mol. The van der Waals surface area contributed by atoms with Crippen molar-refractivity contribution < 1.29 is 18.3 Å². The lowest BCUT2D eigenvalue weighted by Crippen LogP contribution is -2.38. The molecule has 0 aliphatic rings. The van der Waals surface area contributed by atoms with Crippen LogP contribution in [0.15, 0.2) is 24.3 Å². The van der Waals surface area contributed by atoms with Crippen LogP contribution in [0.3, 0.4) is 0 Å². The number of hydrogen-bond donors (Lipinski definition) is 1. The van der Waals surface area contributed by atoms with Crippen LogP contribution in [-0.4, -0.2) is 50.4 Å². The maximum atomic E-state index is 11.9. The summed E-state index contributed by atoms with van der Waals surface area (Å²) in [5, 5.41) is 8.78. The number of benzene rings is 1. The van der Waals surface area contributed by atoms with E-state index in [1.165, 1.54) is 11.4 Å². The van der Waals surface area contributed by atoms with Gasteiger partial charge < -0.3 is 9.84 Å². The zero-order chi connectivity index (χ0) is 14.5. The van der Waals surface area contributed by atoms with E-state index >= 15 is 0 Å². The van der Waals surface area contributed by atoms with Crippen molar-refractivity contribution in [2.24, 2.45) is 0 Å². The van der Waals surface area contributed by atoms with E-state index in [1.54, 1.807) is 7.11 Å². The second-order valence-electron chi connectivity index (χ2n) is 4.42. The summed E-state index contributed by atoms with van der Waals surface area (Å²) >= 11 is 0. The monoisotopic (exact) mass is 287 g/mol. The maximum Gasteiger partial charge on any atom is 0.216 e. The summed E-state index contributed by atoms with van der Waals surface area (Å²) < 4.78 is 30.3. The lowest BCUT2D eigenvalue weighted by Gasteiger charge is -2.24. The van der Waals surface area contributed by atoms with Gasteiger partial charge in [0, 0.05) is 13.1 Å². The Morgan fingerprint density at radius 3 is 2.58 bits per heavy atom. The van der Waals surface area contributed by atoms with E-state index in [9.17, 15) is 8.42 Å². The van der Waals surface area contributed by atoms with Crippen LogP contribution >= 0.6 is 0 Å². The average molecular weight is 287 g/mol. The zero-order valence-electron chi connectivity index (χ0n) is 11.5. The van der Waals surface area contributed by atoms with Gasteiger partial charge in [-0.25, -0.2) is 12.7 Å². The Morgan fingerprint density at radius 2 is 2.00 bits per heavy atom. The molecule has 0 heterocycles. The van der Waals surface area contributed by atoms with Crippen LogP contribution < -0.4 is 4.74 Å². The highest BCUT2D eigenvalue weighted by molar-refractivity contribution is 7.89. The van der Waals surface area contributed by atoms with Crippen LogP contribution in [0.1, 0.15) is 12.5 Å². The zero-order valence-corrected chi connectivity index (χ0v) is 12.4. The van der Waals surface area contributed by atoms with Gasteiger partial charge in [0.15, 0.2) is 0 Å². The third-order valence-electron chi connectivity index (χ3n) is 3.12. The van der Waals surface area contributed by atoms with Crippen molar-refractivity contribution in [3.63, 3.8) is 0 Å². The summed E-state index contributed by atoms with van der Waals surface area (Å²) in [6.45, 7) is 1.47. The van der Waals surface area contributed by atoms with E-state index in [-0.39, 0.29) is 18.4 Å². The number of aliphatic hydroxyl groups excluding tert-OH is 1. The first-order valence-electron chi connectivity index (χ1n) is 6.11. The molecule has 5 nitrogen and oxygen atoms in total. The molecular weight excluding hydrogens is 266 g/mol. The molecule has 1 aromatic rings. The Labute approximate surface area is 114 Å². The minimum atomic E-state index is -3.41. The maximum absolute atomic E-state index is 11.9. The van der Waals surface area contributed by atoms with Crippen LogP contribution in [0.5, 0.6) is 5.75 Å². The van der Waals surface area contributed by atoms with Gasteiger partial charge in [-0.05, 0) is 25.0 Å². The second-order valence-corrected chi connectivity index (χ2v) is 6.57. The topological polar surface area (TPSA) is 66.8 Å². The fraction of sp³-hybridized carbons (Fsp3) is 0.538. The van der Waals surface area contributed by atoms with Gasteiger partial charge in [-0.1, -0.05) is 18.2 Å². The molecule has 1 rings (SSSR count). The first kappa shape index (κ1) is 15.9. The summed E-state index contributed by atoms with van der Waals surface area (Å²) in [5.74, 6) is 0.502. The number of sulfonamides is 1. The van der Waals surface area contributed by atoms with Crippen LogP contribution in [0.2, 0.25) is 0 Å². The Hall–Kier alpha value is -1.11. The first-order chi connectivity index (χ1) is 8.92. The number of nitrogens with zero attached hydrogens (tertiary/aromatic N) is 1. The quantitative estimate of drug-likeness (QED) is 0.808. The molecule has 0 aliphatic carbocycles. The molecule has 0 saturated heterocycles. The minimum absolute atomic E-state index is 0.201. The molecule has 0 aliphatic heterocycles. The number of ether oxygens (including phenoxy) is 1. The molecular formula is C13H21NO4S. The Kier molecular flexibility index (Phi) is 5.78. The van der Waals surface area contributed by atoms with Gasteiger partial charge in [0.1, 0.15) is 5.75 Å². The van der Waals surface area contributed by atoms with E-state index in [4.69, 9.17) is 9.84 Å². The molecule has 1 unspecified atom stereocenters. The van der Waals surface area contributed by atoms with Crippen LogP contribution in [0, 0.1) is 0 Å². The third kappa shape index (κ3) is 4.19. The van der Waals surface area contributed by atoms with E-state index in [1.807, 2.05) is 31.2 Å². The number of hydrogen-bond acceptors (Lipinski definition) is 4. The van der Waals surface area contributed by atoms with E-state index in [0.29, 0.717) is 6.42 Å². The van der Waals surface area contributed by atoms with Crippen molar-refractivity contribution in [2.75, 3.05) is 26.5 Å². The molecule has 0 bridgehead atoms. The van der Waals surface area contributed by atoms with Crippen molar-refractivity contribution in [2.45, 2.75) is 19.4 Å². The minimum Gasteiger partial charge on any atom is -0.496 e. The molecule has 1 aromatic carbocycles. The van der Waals surface area contributed by atoms with Gasteiger partial charge in [0.05, 0.1) is 19.5 Å². The van der Waals surface area contributed by atoms with Gasteiger partial charge in [0.2, 0.25) is 10.0 Å². The van der Waals surface area contributed by atoms with Crippen molar-refractivity contribution in [3.8, 4) is 5.75 Å². The number of likely N-dealkylation sites (N-methyl/N-ethyl adjacent to an activating group) is 1. The number of rotatable bonds is 7. The summed E-state index contributed by atoms with van der Waals surface area (Å²) in [5.41, 5.74) is 0.962. The molecule has 108 valence electrons. The molecule has 1 N–H and O–H groups in total. The molecule has 0 amide bonds. The fourth-order valence-corrected chi connectivity index (χ4v) is 2.99. The van der Waals surface area contributed by atoms with Crippen LogP contribution in [0.25, 0.3) is 0 Å². The number of para-hydroxylation sites is 1. The average Bonchev–Trinajstić information content (AvgIpc) is 2.38. The molecule has 0 fully saturated rings. The molecule has 0 radical (unpaired) electrons. The summed E-state index contributed by atoms with van der Waals surface area (Å²) in [6, 6.07) is 7.34. The Morgan fingerprint density at radius 1 is 1.37 bits per heavy atom. The highest BCUT2D eigenvalue weighted by Crippen LogP contribution is 2.21. The van der Waals surface area contributed by atoms with Crippen molar-refractivity contribution in [1.29, 1.82) is 0 Å². The SMILES string of the molecule is COc1ccccc1CC(C)N(C)S(=O)(=O)CCO. The first-order valence-corrected chi connectivity index (χ1v) is 7.71. The lowest BCUT2D eigenvalue weighted by atomic mass is 10.1. The molecule has 6 heteroatoms. The van der Waals surface area contributed by atoms with Gasteiger partial charge in [-0.3, -0.25) is 0 Å². The molecule has 1 atom stereocenters. The smallest absolute Gasteiger partial charge is 0.216 e. The molecule has 0 spiro atoms. The van der Waals surface area contributed by atoms with Crippen LogP contribution in [-0.2, 0) is 16.4 Å². The third-order valence-corrected chi connectivity index (χ3v) is 5.05. The van der Waals surface area contributed by atoms with Gasteiger partial charge in [-0.15, -0.1) is 0 Å². The molecule has 19 heavy (non-hydrogen) atoms. The largest absolute Gasteiger partial charge is 0.496 e. The fourth-order valence-electron chi connectivity index (χ4n) is 1.85. The van der Waals surface area contributed by atoms with Gasteiger partial charge in [0.25, 0.3) is 0 Å². The van der Waals surface area contributed by atoms with E-state index in [2.05, 4.69) is 0 Å². The number of methoxy groups -OCH3 is 1. The van der Waals surface area contributed by atoms with E-state index < -0.39 is 10.0 Å². The van der Waals surface area contributed by atoms with Crippen molar-refractivity contribution in [3.05, 3.63) is 29.8 Å². The second kappa shape index (κ2) is 6.88.